The average molecular weight is 357 g/mol. The van der Waals surface area contributed by atoms with Crippen LogP contribution in [0.25, 0.3) is 0 Å². The van der Waals surface area contributed by atoms with Crippen LogP contribution in [0.1, 0.15) is 19.8 Å². The molecule has 0 aromatic carbocycles. The monoisotopic (exact) mass is 357 g/mol. The minimum absolute atomic E-state index is 0.189. The first kappa shape index (κ1) is 23.3. The largest absolute Gasteiger partial charge is 0.478 e. The maximum absolute atomic E-state index is 10.9. The number of nitrogens with zero attached hydrogens (tertiary/aromatic N) is 1. The summed E-state index contributed by atoms with van der Waals surface area (Å²) in [5, 5.41) is 3.03. The Balaban J connectivity index is 0.000000472. The van der Waals surface area contributed by atoms with Gasteiger partial charge in [0, 0.05) is 39.6 Å². The predicted molar refractivity (Wildman–Crippen MR) is 95.3 cm³/mol. The van der Waals surface area contributed by atoms with Crippen LogP contribution in [0, 0.1) is 0 Å². The number of rotatable bonds is 12. The molecule has 1 rings (SSSR count). The van der Waals surface area contributed by atoms with Gasteiger partial charge in [0.05, 0.1) is 19.6 Å². The third-order valence-corrected chi connectivity index (χ3v) is 2.88. The van der Waals surface area contributed by atoms with E-state index in [9.17, 15) is 4.79 Å². The van der Waals surface area contributed by atoms with Crippen molar-refractivity contribution in [2.75, 3.05) is 47.1 Å². The molecule has 0 saturated carbocycles. The second kappa shape index (κ2) is 17.1. The second-order valence-corrected chi connectivity index (χ2v) is 4.82. The molecule has 8 nitrogen and oxygen atoms in total. The van der Waals surface area contributed by atoms with Gasteiger partial charge in [-0.3, -0.25) is 4.79 Å². The van der Waals surface area contributed by atoms with Crippen molar-refractivity contribution in [1.82, 2.24) is 10.3 Å². The Bertz CT molecular complexity index is 416. The van der Waals surface area contributed by atoms with E-state index in [0.717, 1.165) is 6.42 Å². The van der Waals surface area contributed by atoms with Crippen molar-refractivity contribution < 1.29 is 23.7 Å². The summed E-state index contributed by atoms with van der Waals surface area (Å²) in [5.74, 6) is 0.479. The van der Waals surface area contributed by atoms with E-state index in [2.05, 4.69) is 10.3 Å². The molecule has 1 aromatic heterocycles. The Hall–Kier alpha value is -1.74. The van der Waals surface area contributed by atoms with Crippen LogP contribution < -0.4 is 15.8 Å². The fourth-order valence-electron chi connectivity index (χ4n) is 1.60. The summed E-state index contributed by atoms with van der Waals surface area (Å²) < 4.78 is 19.9. The summed E-state index contributed by atoms with van der Waals surface area (Å²) >= 11 is 0. The van der Waals surface area contributed by atoms with E-state index >= 15 is 0 Å². The molecule has 0 spiro atoms. The smallest absolute Gasteiger partial charge is 0.307 e. The first-order valence-electron chi connectivity index (χ1n) is 8.33. The predicted octanol–water partition coefficient (Wildman–Crippen LogP) is 0.957. The van der Waals surface area contributed by atoms with Gasteiger partial charge in [0.2, 0.25) is 5.88 Å². The van der Waals surface area contributed by atoms with E-state index in [4.69, 9.17) is 24.7 Å². The first-order valence-corrected chi connectivity index (χ1v) is 8.33. The van der Waals surface area contributed by atoms with Gasteiger partial charge in [0.25, 0.3) is 0 Å². The SMILES string of the molecule is CCOC(=O)CCNCC(OC)OC.NCCCOc1ccccn1. The first-order chi connectivity index (χ1) is 12.2. The molecule has 25 heavy (non-hydrogen) atoms. The summed E-state index contributed by atoms with van der Waals surface area (Å²) in [5.41, 5.74) is 5.29. The number of hydrogen-bond acceptors (Lipinski definition) is 8. The van der Waals surface area contributed by atoms with Crippen molar-refractivity contribution in [3.8, 4) is 5.88 Å². The van der Waals surface area contributed by atoms with E-state index < -0.39 is 0 Å². The Labute approximate surface area is 150 Å². The van der Waals surface area contributed by atoms with Crippen LogP contribution in [0.4, 0.5) is 0 Å². The minimum Gasteiger partial charge on any atom is -0.478 e. The lowest BCUT2D eigenvalue weighted by molar-refractivity contribution is -0.143. The summed E-state index contributed by atoms with van der Waals surface area (Å²) in [4.78, 5) is 14.9. The number of hydrogen-bond donors (Lipinski definition) is 2. The highest BCUT2D eigenvalue weighted by molar-refractivity contribution is 5.69. The summed E-state index contributed by atoms with van der Waals surface area (Å²) in [6, 6.07) is 5.58. The van der Waals surface area contributed by atoms with E-state index in [0.29, 0.717) is 45.1 Å². The van der Waals surface area contributed by atoms with Crippen LogP contribution in [-0.2, 0) is 19.0 Å². The quantitative estimate of drug-likeness (QED) is 0.324. The topological polar surface area (TPSA) is 105 Å². The molecule has 0 atom stereocenters. The fourth-order valence-corrected chi connectivity index (χ4v) is 1.60. The van der Waals surface area contributed by atoms with Gasteiger partial charge in [-0.15, -0.1) is 0 Å². The Morgan fingerprint density at radius 3 is 2.64 bits per heavy atom. The number of aromatic nitrogens is 1. The van der Waals surface area contributed by atoms with Crippen molar-refractivity contribution in [2.45, 2.75) is 26.1 Å². The van der Waals surface area contributed by atoms with Crippen LogP contribution in [0.15, 0.2) is 24.4 Å². The molecule has 1 aromatic rings. The van der Waals surface area contributed by atoms with Gasteiger partial charge in [-0.25, -0.2) is 4.98 Å². The van der Waals surface area contributed by atoms with E-state index in [1.807, 2.05) is 18.2 Å². The lowest BCUT2D eigenvalue weighted by atomic mass is 10.4. The summed E-state index contributed by atoms with van der Waals surface area (Å²) in [7, 11) is 3.14. The molecule has 3 N–H and O–H groups in total. The molecule has 0 aliphatic rings. The number of pyridine rings is 1. The van der Waals surface area contributed by atoms with Crippen molar-refractivity contribution in [1.29, 1.82) is 0 Å². The Morgan fingerprint density at radius 2 is 2.08 bits per heavy atom. The van der Waals surface area contributed by atoms with Gasteiger partial charge >= 0.3 is 5.97 Å². The molecule has 0 aliphatic heterocycles. The molecule has 1 heterocycles. The van der Waals surface area contributed by atoms with Crippen LogP contribution in [0.2, 0.25) is 0 Å². The number of carbonyl (C=O) groups excluding carboxylic acids is 1. The molecular formula is C17H31N3O5. The zero-order valence-electron chi connectivity index (χ0n) is 15.4. The molecule has 0 bridgehead atoms. The third-order valence-electron chi connectivity index (χ3n) is 2.88. The van der Waals surface area contributed by atoms with Crippen molar-refractivity contribution >= 4 is 5.97 Å². The van der Waals surface area contributed by atoms with Crippen LogP contribution in [-0.4, -0.2) is 64.3 Å². The Morgan fingerprint density at radius 1 is 1.32 bits per heavy atom. The lowest BCUT2D eigenvalue weighted by Crippen LogP contribution is -2.31. The maximum Gasteiger partial charge on any atom is 0.307 e. The number of ether oxygens (including phenoxy) is 4. The molecule has 144 valence electrons. The molecule has 8 heteroatoms. The lowest BCUT2D eigenvalue weighted by Gasteiger charge is -2.13. The van der Waals surface area contributed by atoms with Gasteiger partial charge in [0.1, 0.15) is 0 Å². The van der Waals surface area contributed by atoms with E-state index in [1.165, 1.54) is 0 Å². The minimum atomic E-state index is -0.266. The second-order valence-electron chi connectivity index (χ2n) is 4.82. The zero-order chi connectivity index (χ0) is 18.8. The number of nitrogens with one attached hydrogen (secondary N) is 1. The number of carbonyl (C=O) groups is 1. The van der Waals surface area contributed by atoms with Gasteiger partial charge in [-0.1, -0.05) is 6.07 Å². The molecule has 0 radical (unpaired) electrons. The standard InChI is InChI=1S/C9H19NO4.C8H12N2O/c1-4-14-8(11)5-6-10-7-9(12-2)13-3;9-5-3-7-11-8-4-1-2-6-10-8/h9-10H,4-7H2,1-3H3;1-2,4,6H,3,5,7,9H2. The fraction of sp³-hybridized carbons (Fsp3) is 0.647. The van der Waals surface area contributed by atoms with Crippen molar-refractivity contribution in [3.63, 3.8) is 0 Å². The molecular weight excluding hydrogens is 326 g/mol. The van der Waals surface area contributed by atoms with Crippen molar-refractivity contribution in [3.05, 3.63) is 24.4 Å². The van der Waals surface area contributed by atoms with Crippen LogP contribution in [0.5, 0.6) is 5.88 Å². The van der Waals surface area contributed by atoms with Crippen LogP contribution >= 0.6 is 0 Å². The highest BCUT2D eigenvalue weighted by Gasteiger charge is 2.05. The Kier molecular flexibility index (Phi) is 15.9. The number of esters is 1. The highest BCUT2D eigenvalue weighted by Crippen LogP contribution is 2.02. The molecule has 0 unspecified atom stereocenters. The van der Waals surface area contributed by atoms with Gasteiger partial charge in [0.15, 0.2) is 6.29 Å². The van der Waals surface area contributed by atoms with Gasteiger partial charge < -0.3 is 30.0 Å². The van der Waals surface area contributed by atoms with Gasteiger partial charge in [-0.05, 0) is 26.0 Å². The normalized spacial score (nSPS) is 10.1. The summed E-state index contributed by atoms with van der Waals surface area (Å²) in [6.07, 6.45) is 2.68. The molecule has 0 aliphatic carbocycles. The maximum atomic E-state index is 10.9. The third kappa shape index (κ3) is 14.3. The highest BCUT2D eigenvalue weighted by atomic mass is 16.7. The number of methoxy groups -OCH3 is 2. The summed E-state index contributed by atoms with van der Waals surface area (Å²) in [6.45, 7) is 4.66. The zero-order valence-corrected chi connectivity index (χ0v) is 15.4. The van der Waals surface area contributed by atoms with E-state index in [-0.39, 0.29) is 12.3 Å². The molecule has 0 amide bonds. The molecule has 0 saturated heterocycles. The van der Waals surface area contributed by atoms with Crippen LogP contribution in [0.3, 0.4) is 0 Å². The van der Waals surface area contributed by atoms with Gasteiger partial charge in [-0.2, -0.15) is 0 Å². The van der Waals surface area contributed by atoms with E-state index in [1.54, 1.807) is 27.3 Å². The van der Waals surface area contributed by atoms with Crippen molar-refractivity contribution in [2.24, 2.45) is 5.73 Å². The number of nitrogens with two attached hydrogens (primary N) is 1. The average Bonchev–Trinajstić information content (AvgIpc) is 2.64. The molecule has 0 fully saturated rings.